The van der Waals surface area contributed by atoms with E-state index in [0.29, 0.717) is 0 Å². The highest BCUT2D eigenvalue weighted by atomic mass is 35.5. The average molecular weight is 227 g/mol. The monoisotopic (exact) mass is 226 g/mol. The highest BCUT2D eigenvalue weighted by molar-refractivity contribution is 6.18. The van der Waals surface area contributed by atoms with Gasteiger partial charge in [0, 0.05) is 0 Å². The van der Waals surface area contributed by atoms with Gasteiger partial charge in [-0.25, -0.2) is 0 Å². The van der Waals surface area contributed by atoms with Gasteiger partial charge in [-0.05, 0) is 18.1 Å². The predicted octanol–water partition coefficient (Wildman–Crippen LogP) is 2.39. The van der Waals surface area contributed by atoms with Gasteiger partial charge in [0.2, 0.25) is 0 Å². The number of allylic oxidation sites excluding steroid dienone is 1. The summed E-state index contributed by atoms with van der Waals surface area (Å²) in [5.74, 6) is 0.963. The zero-order valence-corrected chi connectivity index (χ0v) is 9.28. The van der Waals surface area contributed by atoms with Crippen LogP contribution in [0.4, 0.5) is 0 Å². The predicted molar refractivity (Wildman–Crippen MR) is 62.6 cm³/mol. The van der Waals surface area contributed by atoms with Gasteiger partial charge in [-0.2, -0.15) is 0 Å². The number of halogens is 1. The van der Waals surface area contributed by atoms with Crippen molar-refractivity contribution in [1.29, 1.82) is 0 Å². The van der Waals surface area contributed by atoms with Gasteiger partial charge in [-0.15, -0.1) is 18.2 Å². The lowest BCUT2D eigenvalue weighted by Crippen LogP contribution is -2.19. The van der Waals surface area contributed by atoms with E-state index in [1.165, 1.54) is 0 Å². The van der Waals surface area contributed by atoms with E-state index in [1.54, 1.807) is 0 Å². The third kappa shape index (κ3) is 3.94. The Morgan fingerprint density at radius 3 is 2.87 bits per heavy atom. The van der Waals surface area contributed by atoms with Gasteiger partial charge in [-0.1, -0.05) is 24.3 Å². The van der Waals surface area contributed by atoms with E-state index in [1.807, 2.05) is 30.3 Å². The second kappa shape index (κ2) is 6.49. The second-order valence-electron chi connectivity index (χ2n) is 3.22. The smallest absolute Gasteiger partial charge is 0.122 e. The molecule has 1 aromatic carbocycles. The van der Waals surface area contributed by atoms with Crippen LogP contribution < -0.4 is 4.74 Å². The molecule has 0 aliphatic carbocycles. The largest absolute Gasteiger partial charge is 0.491 e. The molecule has 0 spiro atoms. The van der Waals surface area contributed by atoms with Gasteiger partial charge in [0.15, 0.2) is 0 Å². The Labute approximate surface area is 95.1 Å². The van der Waals surface area contributed by atoms with Crippen LogP contribution >= 0.6 is 11.6 Å². The molecule has 0 heterocycles. The van der Waals surface area contributed by atoms with E-state index in [2.05, 4.69) is 6.58 Å². The number of hydrogen-bond acceptors (Lipinski definition) is 2. The van der Waals surface area contributed by atoms with E-state index in [9.17, 15) is 5.11 Å². The summed E-state index contributed by atoms with van der Waals surface area (Å²) in [5.41, 5.74) is 1.06. The molecule has 0 saturated heterocycles. The Morgan fingerprint density at radius 1 is 1.47 bits per heavy atom. The first-order valence-corrected chi connectivity index (χ1v) is 5.37. The second-order valence-corrected chi connectivity index (χ2v) is 3.53. The zero-order valence-electron chi connectivity index (χ0n) is 8.53. The normalized spacial score (nSPS) is 12.1. The van der Waals surface area contributed by atoms with Gasteiger partial charge in [0.05, 0.1) is 5.88 Å². The summed E-state index contributed by atoms with van der Waals surface area (Å²) in [7, 11) is 0. The van der Waals surface area contributed by atoms with Crippen molar-refractivity contribution >= 4 is 11.6 Å². The highest BCUT2D eigenvalue weighted by Gasteiger charge is 2.05. The van der Waals surface area contributed by atoms with Crippen molar-refractivity contribution in [2.24, 2.45) is 0 Å². The summed E-state index contributed by atoms with van der Waals surface area (Å²) < 4.78 is 5.46. The van der Waals surface area contributed by atoms with E-state index in [-0.39, 0.29) is 12.5 Å². The van der Waals surface area contributed by atoms with Crippen molar-refractivity contribution in [2.45, 2.75) is 12.5 Å². The van der Waals surface area contributed by atoms with Crippen molar-refractivity contribution in [2.75, 3.05) is 12.5 Å². The number of benzene rings is 1. The highest BCUT2D eigenvalue weighted by Crippen LogP contribution is 2.18. The first-order valence-electron chi connectivity index (χ1n) is 4.83. The number of aliphatic hydroxyl groups is 1. The molecule has 15 heavy (non-hydrogen) atoms. The number of hydrogen-bond donors (Lipinski definition) is 1. The molecule has 2 nitrogen and oxygen atoms in total. The fraction of sp³-hybridized carbons (Fsp3) is 0.333. The Kier molecular flexibility index (Phi) is 5.22. The summed E-state index contributed by atoms with van der Waals surface area (Å²) in [6, 6.07) is 7.70. The van der Waals surface area contributed by atoms with E-state index >= 15 is 0 Å². The number of aliphatic hydroxyl groups excluding tert-OH is 1. The van der Waals surface area contributed by atoms with Crippen LogP contribution in [0.15, 0.2) is 36.9 Å². The molecule has 0 saturated carbocycles. The van der Waals surface area contributed by atoms with Gasteiger partial charge < -0.3 is 9.84 Å². The molecule has 3 heteroatoms. The van der Waals surface area contributed by atoms with Crippen molar-refractivity contribution in [3.63, 3.8) is 0 Å². The fourth-order valence-electron chi connectivity index (χ4n) is 1.20. The maximum Gasteiger partial charge on any atom is 0.122 e. The molecule has 1 unspecified atom stereocenters. The number of alkyl halides is 1. The molecule has 0 bridgehead atoms. The van der Waals surface area contributed by atoms with Crippen LogP contribution in [0.3, 0.4) is 0 Å². The molecule has 0 fully saturated rings. The van der Waals surface area contributed by atoms with Crippen LogP contribution in [-0.4, -0.2) is 23.7 Å². The molecule has 82 valence electrons. The SMILES string of the molecule is C=CCc1ccccc1OCC(O)CCl. The molecule has 0 radical (unpaired) electrons. The first-order chi connectivity index (χ1) is 7.27. The topological polar surface area (TPSA) is 29.5 Å². The molecule has 1 N–H and O–H groups in total. The molecule has 1 aromatic rings. The Morgan fingerprint density at radius 2 is 2.20 bits per heavy atom. The maximum atomic E-state index is 9.26. The van der Waals surface area contributed by atoms with Gasteiger partial charge in [-0.3, -0.25) is 0 Å². The first kappa shape index (κ1) is 12.1. The Hall–Kier alpha value is -0.990. The van der Waals surface area contributed by atoms with E-state index in [4.69, 9.17) is 16.3 Å². The minimum Gasteiger partial charge on any atom is -0.491 e. The minimum absolute atomic E-state index is 0.184. The van der Waals surface area contributed by atoms with Crippen LogP contribution in [0, 0.1) is 0 Å². The number of rotatable bonds is 6. The Bertz CT molecular complexity index is 312. The van der Waals surface area contributed by atoms with Gasteiger partial charge >= 0.3 is 0 Å². The summed E-state index contributed by atoms with van der Waals surface area (Å²) in [5, 5.41) is 9.26. The molecule has 1 atom stereocenters. The summed E-state index contributed by atoms with van der Waals surface area (Å²) in [6.45, 7) is 3.90. The van der Waals surface area contributed by atoms with Crippen LogP contribution in [0.25, 0.3) is 0 Å². The minimum atomic E-state index is -0.622. The molecule has 0 aliphatic rings. The summed E-state index contributed by atoms with van der Waals surface area (Å²) >= 11 is 5.47. The lowest BCUT2D eigenvalue weighted by atomic mass is 10.1. The standard InChI is InChI=1S/C12H15ClO2/c1-2-5-10-6-3-4-7-12(10)15-9-11(14)8-13/h2-4,6-7,11,14H,1,5,8-9H2. The van der Waals surface area contributed by atoms with E-state index in [0.717, 1.165) is 17.7 Å². The van der Waals surface area contributed by atoms with Gasteiger partial charge in [0.1, 0.15) is 18.5 Å². The summed E-state index contributed by atoms with van der Waals surface area (Å²) in [4.78, 5) is 0. The third-order valence-corrected chi connectivity index (χ3v) is 2.30. The zero-order chi connectivity index (χ0) is 11.1. The third-order valence-electron chi connectivity index (χ3n) is 1.95. The lowest BCUT2D eigenvalue weighted by molar-refractivity contribution is 0.125. The molecule has 1 rings (SSSR count). The summed E-state index contributed by atoms with van der Waals surface area (Å²) in [6.07, 6.45) is 1.95. The molecule has 0 aromatic heterocycles. The molecule has 0 aliphatic heterocycles. The van der Waals surface area contributed by atoms with Crippen LogP contribution in [0.1, 0.15) is 5.56 Å². The van der Waals surface area contributed by atoms with Crippen molar-refractivity contribution < 1.29 is 9.84 Å². The Balaban J connectivity index is 2.62. The van der Waals surface area contributed by atoms with Crippen LogP contribution in [0.5, 0.6) is 5.75 Å². The van der Waals surface area contributed by atoms with Gasteiger partial charge in [0.25, 0.3) is 0 Å². The number of para-hydroxylation sites is 1. The lowest BCUT2D eigenvalue weighted by Gasteiger charge is -2.12. The van der Waals surface area contributed by atoms with Crippen molar-refractivity contribution in [1.82, 2.24) is 0 Å². The molecular weight excluding hydrogens is 212 g/mol. The quantitative estimate of drug-likeness (QED) is 0.596. The van der Waals surface area contributed by atoms with Crippen molar-refractivity contribution in [3.05, 3.63) is 42.5 Å². The maximum absolute atomic E-state index is 9.26. The van der Waals surface area contributed by atoms with E-state index < -0.39 is 6.10 Å². The van der Waals surface area contributed by atoms with Crippen molar-refractivity contribution in [3.8, 4) is 5.75 Å². The fourth-order valence-corrected chi connectivity index (χ4v) is 1.29. The molecular formula is C12H15ClO2. The van der Waals surface area contributed by atoms with Crippen LogP contribution in [-0.2, 0) is 6.42 Å². The molecule has 0 amide bonds. The average Bonchev–Trinajstić information content (AvgIpc) is 2.28. The number of ether oxygens (including phenoxy) is 1. The van der Waals surface area contributed by atoms with Crippen LogP contribution in [0.2, 0.25) is 0 Å².